The Balaban J connectivity index is 1.99. The second-order valence-electron chi connectivity index (χ2n) is 5.07. The maximum atomic E-state index is 13.7. The molecule has 25 heavy (non-hydrogen) atoms. The normalized spacial score (nSPS) is 10.7. The van der Waals surface area contributed by atoms with Crippen molar-refractivity contribution in [3.63, 3.8) is 0 Å². The molecule has 0 unspecified atom stereocenters. The van der Waals surface area contributed by atoms with Gasteiger partial charge in [0.2, 0.25) is 5.65 Å². The molecule has 2 heterocycles. The molecule has 2 aromatic heterocycles. The van der Waals surface area contributed by atoms with Crippen LogP contribution in [0.25, 0.3) is 5.65 Å². The number of nitrogen functional groups attached to an aromatic ring is 1. The predicted molar refractivity (Wildman–Crippen MR) is 83.4 cm³/mol. The summed E-state index contributed by atoms with van der Waals surface area (Å²) < 4.78 is 19.3. The molecule has 0 aliphatic heterocycles. The maximum Gasteiger partial charge on any atom is 0.340 e. The van der Waals surface area contributed by atoms with E-state index in [1.165, 1.54) is 19.1 Å². The van der Waals surface area contributed by atoms with Crippen molar-refractivity contribution in [3.05, 3.63) is 40.8 Å². The maximum absolute atomic E-state index is 13.7. The van der Waals surface area contributed by atoms with Crippen molar-refractivity contribution in [2.24, 2.45) is 0 Å². The van der Waals surface area contributed by atoms with Crippen LogP contribution in [0.15, 0.2) is 18.2 Å². The molecule has 3 rings (SSSR count). The molecular formula is C14H12FN7O3. The number of nitrogens with one attached hydrogen (secondary N) is 1. The van der Waals surface area contributed by atoms with Gasteiger partial charge >= 0.3 is 5.97 Å². The summed E-state index contributed by atoms with van der Waals surface area (Å²) in [5.74, 6) is -2.08. The van der Waals surface area contributed by atoms with Crippen molar-refractivity contribution in [2.75, 3.05) is 18.2 Å². The summed E-state index contributed by atoms with van der Waals surface area (Å²) in [6.07, 6.45) is 0. The summed E-state index contributed by atoms with van der Waals surface area (Å²) in [5, 5.41) is 17.0. The minimum Gasteiger partial charge on any atom is -0.465 e. The Labute approximate surface area is 139 Å². The number of esters is 1. The lowest BCUT2D eigenvalue weighted by Crippen LogP contribution is -2.19. The van der Waals surface area contributed by atoms with Crippen molar-refractivity contribution < 1.29 is 18.7 Å². The molecule has 128 valence electrons. The first-order chi connectivity index (χ1) is 11.9. The molecule has 11 heteroatoms. The molecule has 3 N–H and O–H groups in total. The van der Waals surface area contributed by atoms with E-state index in [0.717, 1.165) is 17.8 Å². The van der Waals surface area contributed by atoms with E-state index in [1.54, 1.807) is 0 Å². The van der Waals surface area contributed by atoms with E-state index in [-0.39, 0.29) is 33.8 Å². The van der Waals surface area contributed by atoms with Crippen LogP contribution in [0.1, 0.15) is 26.4 Å². The number of ether oxygens (including phenoxy) is 1. The second kappa shape index (κ2) is 6.11. The molecule has 1 aromatic carbocycles. The SMILES string of the molecule is COC(=O)c1cc(F)c(C)cc1NC(=O)c1cc(N)c2nnnn2n1. The summed E-state index contributed by atoms with van der Waals surface area (Å²) in [5.41, 5.74) is 6.22. The van der Waals surface area contributed by atoms with Crippen molar-refractivity contribution in [3.8, 4) is 0 Å². The monoisotopic (exact) mass is 345 g/mol. The number of hydrogen-bond donors (Lipinski definition) is 2. The number of halogens is 1. The number of aromatic nitrogens is 5. The van der Waals surface area contributed by atoms with Gasteiger partial charge in [0.1, 0.15) is 5.82 Å². The molecule has 0 bridgehead atoms. The molecule has 0 fully saturated rings. The summed E-state index contributed by atoms with van der Waals surface area (Å²) in [7, 11) is 1.15. The Morgan fingerprint density at radius 1 is 1.32 bits per heavy atom. The number of nitrogens with two attached hydrogens (primary N) is 1. The Morgan fingerprint density at radius 2 is 2.08 bits per heavy atom. The fraction of sp³-hybridized carbons (Fsp3) is 0.143. The number of aryl methyl sites for hydroxylation is 1. The first-order valence-electron chi connectivity index (χ1n) is 6.95. The molecule has 0 aliphatic rings. The summed E-state index contributed by atoms with van der Waals surface area (Å²) in [4.78, 5) is 24.2. The minimum atomic E-state index is -0.794. The van der Waals surface area contributed by atoms with Crippen LogP contribution in [0, 0.1) is 12.7 Å². The van der Waals surface area contributed by atoms with E-state index in [4.69, 9.17) is 5.73 Å². The van der Waals surface area contributed by atoms with E-state index in [9.17, 15) is 14.0 Å². The molecule has 1 amide bonds. The van der Waals surface area contributed by atoms with Gasteiger partial charge in [-0.1, -0.05) is 0 Å². The molecular weight excluding hydrogens is 333 g/mol. The van der Waals surface area contributed by atoms with Crippen molar-refractivity contribution in [1.29, 1.82) is 0 Å². The zero-order valence-corrected chi connectivity index (χ0v) is 13.1. The lowest BCUT2D eigenvalue weighted by atomic mass is 10.1. The van der Waals surface area contributed by atoms with Crippen LogP contribution in [-0.2, 0) is 4.74 Å². The summed E-state index contributed by atoms with van der Waals surface area (Å²) in [6.45, 7) is 1.50. The van der Waals surface area contributed by atoms with Gasteiger partial charge < -0.3 is 15.8 Å². The average Bonchev–Trinajstić information content (AvgIpc) is 3.06. The van der Waals surface area contributed by atoms with Crippen LogP contribution in [0.5, 0.6) is 0 Å². The van der Waals surface area contributed by atoms with Crippen LogP contribution < -0.4 is 11.1 Å². The number of carbonyl (C=O) groups is 2. The Hall–Kier alpha value is -3.63. The van der Waals surface area contributed by atoms with Gasteiger partial charge in [0.25, 0.3) is 5.91 Å². The number of amides is 1. The van der Waals surface area contributed by atoms with Gasteiger partial charge in [-0.25, -0.2) is 9.18 Å². The molecule has 0 saturated heterocycles. The highest BCUT2D eigenvalue weighted by atomic mass is 19.1. The van der Waals surface area contributed by atoms with E-state index in [0.29, 0.717) is 0 Å². The van der Waals surface area contributed by atoms with Gasteiger partial charge in [0, 0.05) is 0 Å². The van der Waals surface area contributed by atoms with Crippen LogP contribution in [0.3, 0.4) is 0 Å². The number of carbonyl (C=O) groups excluding carboxylic acids is 2. The number of nitrogens with zero attached hydrogens (tertiary/aromatic N) is 5. The van der Waals surface area contributed by atoms with E-state index in [1.807, 2.05) is 0 Å². The quantitative estimate of drug-likeness (QED) is 0.658. The highest BCUT2D eigenvalue weighted by molar-refractivity contribution is 6.07. The number of hydrogen-bond acceptors (Lipinski definition) is 8. The number of anilines is 2. The molecule has 10 nitrogen and oxygen atoms in total. The van der Waals surface area contributed by atoms with Crippen molar-refractivity contribution in [1.82, 2.24) is 25.3 Å². The smallest absolute Gasteiger partial charge is 0.340 e. The zero-order valence-electron chi connectivity index (χ0n) is 13.1. The lowest BCUT2D eigenvalue weighted by molar-refractivity contribution is 0.0601. The third kappa shape index (κ3) is 2.94. The Morgan fingerprint density at radius 3 is 2.80 bits per heavy atom. The number of benzene rings is 1. The third-order valence-corrected chi connectivity index (χ3v) is 3.39. The molecule has 3 aromatic rings. The number of methoxy groups -OCH3 is 1. The first-order valence-corrected chi connectivity index (χ1v) is 6.95. The average molecular weight is 345 g/mol. The summed E-state index contributed by atoms with van der Waals surface area (Å²) in [6, 6.07) is 3.59. The zero-order chi connectivity index (χ0) is 18.1. The van der Waals surface area contributed by atoms with Gasteiger partial charge in [0.05, 0.1) is 24.0 Å². The Bertz CT molecular complexity index is 1000. The van der Waals surface area contributed by atoms with Crippen molar-refractivity contribution in [2.45, 2.75) is 6.92 Å². The van der Waals surface area contributed by atoms with Crippen LogP contribution in [-0.4, -0.2) is 44.2 Å². The fourth-order valence-electron chi connectivity index (χ4n) is 2.13. The number of fused-ring (bicyclic) bond motifs is 1. The highest BCUT2D eigenvalue weighted by Gasteiger charge is 2.19. The first kappa shape index (κ1) is 16.2. The summed E-state index contributed by atoms with van der Waals surface area (Å²) >= 11 is 0. The number of tetrazole rings is 1. The van der Waals surface area contributed by atoms with E-state index in [2.05, 4.69) is 30.7 Å². The van der Waals surface area contributed by atoms with Gasteiger partial charge in [-0.2, -0.15) is 0 Å². The second-order valence-corrected chi connectivity index (χ2v) is 5.07. The van der Waals surface area contributed by atoms with Crippen molar-refractivity contribution >= 4 is 28.9 Å². The highest BCUT2D eigenvalue weighted by Crippen LogP contribution is 2.22. The van der Waals surface area contributed by atoms with Crippen LogP contribution in [0.4, 0.5) is 15.8 Å². The van der Waals surface area contributed by atoms with Gasteiger partial charge in [-0.05, 0) is 41.1 Å². The molecule has 0 atom stereocenters. The van der Waals surface area contributed by atoms with Crippen LogP contribution >= 0.6 is 0 Å². The number of rotatable bonds is 3. The lowest BCUT2D eigenvalue weighted by Gasteiger charge is -2.11. The Kier molecular flexibility index (Phi) is 3.97. The largest absolute Gasteiger partial charge is 0.465 e. The van der Waals surface area contributed by atoms with Crippen LogP contribution in [0.2, 0.25) is 0 Å². The fourth-order valence-corrected chi connectivity index (χ4v) is 2.13. The molecule has 0 radical (unpaired) electrons. The van der Waals surface area contributed by atoms with E-state index >= 15 is 0 Å². The third-order valence-electron chi connectivity index (χ3n) is 3.39. The predicted octanol–water partition coefficient (Wildman–Crippen LogP) is 0.588. The van der Waals surface area contributed by atoms with E-state index < -0.39 is 17.7 Å². The molecule has 0 saturated carbocycles. The standard InChI is InChI=1S/C14H12FN7O3/c1-6-3-10(7(4-8(6)15)14(24)25-2)17-13(23)11-5-9(16)12-18-20-21-22(12)19-11/h3-5H,16H2,1-2H3,(H,17,23). The topological polar surface area (TPSA) is 137 Å². The van der Waals surface area contributed by atoms with Gasteiger partial charge in [0.15, 0.2) is 5.69 Å². The van der Waals surface area contributed by atoms with Gasteiger partial charge in [-0.3, -0.25) is 4.79 Å². The molecule has 0 spiro atoms. The molecule has 0 aliphatic carbocycles. The minimum absolute atomic E-state index is 0.0768. The van der Waals surface area contributed by atoms with Gasteiger partial charge in [-0.15, -0.1) is 14.8 Å².